The fraction of sp³-hybridized carbons (Fsp3) is 0.727. The Hall–Kier alpha value is -1.80. The number of aliphatic hydroxyl groups is 3. The molecule has 0 heterocycles. The molecule has 0 radical (unpaired) electrons. The lowest BCUT2D eigenvalue weighted by Gasteiger charge is -2.29. The van der Waals surface area contributed by atoms with Crippen molar-refractivity contribution in [2.75, 3.05) is 52.9 Å². The van der Waals surface area contributed by atoms with Crippen molar-refractivity contribution >= 4 is 0 Å². The molecular formula is C44H81N3O3. The Kier molecular flexibility index (Phi) is 37.0. The SMILES string of the molecule is CC/C=C\C/C=C\CCCCC(O)CNCCN(C)CCN(CC(O)CCCC/C=C\C/C=C\CC)CC(O)CCCC/C=C\C/C=C\CC. The van der Waals surface area contributed by atoms with Crippen molar-refractivity contribution in [1.82, 2.24) is 15.1 Å². The van der Waals surface area contributed by atoms with Crippen LogP contribution in [0.5, 0.6) is 0 Å². The van der Waals surface area contributed by atoms with Crippen LogP contribution in [0.1, 0.15) is 136 Å². The zero-order valence-electron chi connectivity index (χ0n) is 33.1. The highest BCUT2D eigenvalue weighted by atomic mass is 16.3. The van der Waals surface area contributed by atoms with E-state index in [1.165, 1.54) is 0 Å². The fourth-order valence-corrected chi connectivity index (χ4v) is 5.69. The predicted octanol–water partition coefficient (Wildman–Crippen LogP) is 9.31. The molecule has 0 aromatic rings. The van der Waals surface area contributed by atoms with Gasteiger partial charge in [0.1, 0.15) is 0 Å². The van der Waals surface area contributed by atoms with Crippen LogP contribution in [0.3, 0.4) is 0 Å². The van der Waals surface area contributed by atoms with Gasteiger partial charge in [0.2, 0.25) is 0 Å². The second-order valence-corrected chi connectivity index (χ2v) is 13.8. The average Bonchev–Trinajstić information content (AvgIpc) is 3.10. The molecule has 3 unspecified atom stereocenters. The Balaban J connectivity index is 4.51. The average molecular weight is 700 g/mol. The lowest BCUT2D eigenvalue weighted by molar-refractivity contribution is 0.0565. The maximum atomic E-state index is 10.9. The van der Waals surface area contributed by atoms with Crippen molar-refractivity contribution in [3.63, 3.8) is 0 Å². The third kappa shape index (κ3) is 36.0. The van der Waals surface area contributed by atoms with E-state index in [0.717, 1.165) is 142 Å². The first kappa shape index (κ1) is 48.2. The molecule has 6 nitrogen and oxygen atoms in total. The van der Waals surface area contributed by atoms with E-state index in [2.05, 4.69) is 116 Å². The van der Waals surface area contributed by atoms with E-state index in [1.807, 2.05) is 0 Å². The first-order valence-electron chi connectivity index (χ1n) is 20.5. The molecule has 0 aliphatic heterocycles. The van der Waals surface area contributed by atoms with Gasteiger partial charge in [0.05, 0.1) is 18.3 Å². The Morgan fingerprint density at radius 2 is 0.880 bits per heavy atom. The molecule has 0 spiro atoms. The second kappa shape index (κ2) is 38.4. The smallest absolute Gasteiger partial charge is 0.0667 e. The number of nitrogens with one attached hydrogen (secondary N) is 1. The van der Waals surface area contributed by atoms with Gasteiger partial charge in [-0.3, -0.25) is 4.90 Å². The van der Waals surface area contributed by atoms with Crippen molar-refractivity contribution in [3.05, 3.63) is 72.9 Å². The summed E-state index contributed by atoms with van der Waals surface area (Å²) in [6.45, 7) is 11.7. The summed E-state index contributed by atoms with van der Waals surface area (Å²) >= 11 is 0. The maximum absolute atomic E-state index is 10.9. The van der Waals surface area contributed by atoms with Gasteiger partial charge >= 0.3 is 0 Å². The quantitative estimate of drug-likeness (QED) is 0.0386. The number of hydrogen-bond acceptors (Lipinski definition) is 6. The summed E-state index contributed by atoms with van der Waals surface area (Å²) in [6, 6.07) is 0. The van der Waals surface area contributed by atoms with Gasteiger partial charge < -0.3 is 25.5 Å². The van der Waals surface area contributed by atoms with Gasteiger partial charge in [-0.25, -0.2) is 0 Å². The molecule has 6 heteroatoms. The van der Waals surface area contributed by atoms with Crippen LogP contribution in [0.4, 0.5) is 0 Å². The van der Waals surface area contributed by atoms with Gasteiger partial charge in [0.15, 0.2) is 0 Å². The first-order valence-corrected chi connectivity index (χ1v) is 20.5. The van der Waals surface area contributed by atoms with Gasteiger partial charge in [-0.05, 0) is 103 Å². The standard InChI is InChI=1S/C44H81N3O3/c1-5-8-11-14-17-20-23-26-29-32-42(48)39-45-35-36-46(4)37-38-47(40-43(49)33-30-27-24-21-18-15-12-9-6-2)41-44(50)34-31-28-25-22-19-16-13-10-7-3/h8-13,17-22,42-45,48-50H,5-7,14-16,23-41H2,1-4H3/b11-8-,12-9-,13-10-,20-17-,21-18-,22-19-. The molecule has 0 rings (SSSR count). The predicted molar refractivity (Wildman–Crippen MR) is 220 cm³/mol. The van der Waals surface area contributed by atoms with E-state index < -0.39 is 0 Å². The second-order valence-electron chi connectivity index (χ2n) is 13.8. The molecule has 50 heavy (non-hydrogen) atoms. The van der Waals surface area contributed by atoms with Gasteiger partial charge in [-0.15, -0.1) is 0 Å². The molecule has 0 bridgehead atoms. The van der Waals surface area contributed by atoms with E-state index >= 15 is 0 Å². The number of aliphatic hydroxyl groups excluding tert-OH is 3. The fourth-order valence-electron chi connectivity index (χ4n) is 5.69. The Bertz CT molecular complexity index is 840. The minimum absolute atomic E-state index is 0.298. The summed E-state index contributed by atoms with van der Waals surface area (Å²) in [5.41, 5.74) is 0. The molecule has 0 saturated carbocycles. The summed E-state index contributed by atoms with van der Waals surface area (Å²) in [5.74, 6) is 0. The van der Waals surface area contributed by atoms with E-state index in [1.54, 1.807) is 0 Å². The molecule has 0 aromatic heterocycles. The summed E-state index contributed by atoms with van der Waals surface area (Å²) in [6.07, 6.45) is 44.0. The molecule has 290 valence electrons. The van der Waals surface area contributed by atoms with E-state index in [4.69, 9.17) is 0 Å². The third-order valence-electron chi connectivity index (χ3n) is 8.78. The number of allylic oxidation sites excluding steroid dienone is 12. The van der Waals surface area contributed by atoms with Crippen LogP contribution in [0.2, 0.25) is 0 Å². The summed E-state index contributed by atoms with van der Waals surface area (Å²) in [7, 11) is 2.13. The highest BCUT2D eigenvalue weighted by Gasteiger charge is 2.16. The Labute approximate surface area is 310 Å². The molecule has 0 aliphatic carbocycles. The van der Waals surface area contributed by atoms with Crippen LogP contribution in [-0.2, 0) is 0 Å². The van der Waals surface area contributed by atoms with Gasteiger partial charge in [0.25, 0.3) is 0 Å². The van der Waals surface area contributed by atoms with Crippen LogP contribution in [0.15, 0.2) is 72.9 Å². The van der Waals surface area contributed by atoms with E-state index in [9.17, 15) is 15.3 Å². The molecule has 0 amide bonds. The number of nitrogens with zero attached hydrogens (tertiary/aromatic N) is 2. The zero-order chi connectivity index (χ0) is 36.8. The topological polar surface area (TPSA) is 79.2 Å². The van der Waals surface area contributed by atoms with Gasteiger partial charge in [0, 0.05) is 45.8 Å². The summed E-state index contributed by atoms with van der Waals surface area (Å²) in [5, 5.41) is 35.6. The van der Waals surface area contributed by atoms with Crippen LogP contribution in [0, 0.1) is 0 Å². The Morgan fingerprint density at radius 1 is 0.480 bits per heavy atom. The zero-order valence-corrected chi connectivity index (χ0v) is 33.1. The van der Waals surface area contributed by atoms with Gasteiger partial charge in [-0.2, -0.15) is 0 Å². The van der Waals surface area contributed by atoms with Crippen molar-refractivity contribution < 1.29 is 15.3 Å². The number of likely N-dealkylation sites (N-methyl/N-ethyl adjacent to an activating group) is 1. The summed E-state index contributed by atoms with van der Waals surface area (Å²) in [4.78, 5) is 4.57. The third-order valence-corrected chi connectivity index (χ3v) is 8.78. The highest BCUT2D eigenvalue weighted by Crippen LogP contribution is 2.11. The largest absolute Gasteiger partial charge is 0.392 e. The number of rotatable bonds is 36. The van der Waals surface area contributed by atoms with Crippen LogP contribution < -0.4 is 5.32 Å². The van der Waals surface area contributed by atoms with Crippen LogP contribution >= 0.6 is 0 Å². The van der Waals surface area contributed by atoms with Crippen LogP contribution in [-0.4, -0.2) is 96.3 Å². The molecule has 0 fully saturated rings. The number of hydrogen-bond donors (Lipinski definition) is 4. The molecule has 4 N–H and O–H groups in total. The molecule has 0 saturated heterocycles. The lowest BCUT2D eigenvalue weighted by atomic mass is 10.1. The van der Waals surface area contributed by atoms with Crippen molar-refractivity contribution in [2.45, 2.75) is 155 Å². The van der Waals surface area contributed by atoms with E-state index in [0.29, 0.717) is 19.6 Å². The lowest BCUT2D eigenvalue weighted by Crippen LogP contribution is -2.43. The van der Waals surface area contributed by atoms with E-state index in [-0.39, 0.29) is 18.3 Å². The molecular weight excluding hydrogens is 619 g/mol. The number of unbranched alkanes of at least 4 members (excludes halogenated alkanes) is 6. The minimum atomic E-state index is -0.377. The maximum Gasteiger partial charge on any atom is 0.0667 e. The highest BCUT2D eigenvalue weighted by molar-refractivity contribution is 4.94. The van der Waals surface area contributed by atoms with Crippen LogP contribution in [0.25, 0.3) is 0 Å². The Morgan fingerprint density at radius 3 is 1.30 bits per heavy atom. The molecule has 0 aliphatic rings. The first-order chi connectivity index (χ1) is 24.4. The monoisotopic (exact) mass is 700 g/mol. The van der Waals surface area contributed by atoms with Gasteiger partial charge in [-0.1, -0.05) is 113 Å². The van der Waals surface area contributed by atoms with Crippen molar-refractivity contribution in [2.24, 2.45) is 0 Å². The molecule has 3 atom stereocenters. The van der Waals surface area contributed by atoms with Crippen molar-refractivity contribution in [3.8, 4) is 0 Å². The summed E-state index contributed by atoms with van der Waals surface area (Å²) < 4.78 is 0. The minimum Gasteiger partial charge on any atom is -0.392 e. The van der Waals surface area contributed by atoms with Crippen molar-refractivity contribution in [1.29, 1.82) is 0 Å². The normalized spacial score (nSPS) is 14.8. The molecule has 0 aromatic carbocycles.